The highest BCUT2D eigenvalue weighted by molar-refractivity contribution is 5.92. The van der Waals surface area contributed by atoms with E-state index in [0.717, 1.165) is 11.3 Å². The van der Waals surface area contributed by atoms with E-state index in [0.29, 0.717) is 31.9 Å². The first kappa shape index (κ1) is 16.5. The van der Waals surface area contributed by atoms with Gasteiger partial charge in [-0.1, -0.05) is 6.07 Å². The molecule has 0 unspecified atom stereocenters. The molecule has 0 saturated carbocycles. The third-order valence-corrected chi connectivity index (χ3v) is 2.69. The van der Waals surface area contributed by atoms with Crippen LogP contribution in [-0.2, 0) is 14.3 Å². The van der Waals surface area contributed by atoms with Crippen LogP contribution in [0.2, 0.25) is 0 Å². The average molecular weight is 280 g/mol. The zero-order valence-corrected chi connectivity index (χ0v) is 12.4. The monoisotopic (exact) mass is 280 g/mol. The molecule has 5 heteroatoms. The molecule has 1 rings (SSSR count). The maximum Gasteiger partial charge on any atom is 0.226 e. The SMILES string of the molecule is Cc1ccc(N)cc1NC(=O)CCOCCOC(C)C. The van der Waals surface area contributed by atoms with Crippen molar-refractivity contribution < 1.29 is 14.3 Å². The lowest BCUT2D eigenvalue weighted by molar-refractivity contribution is -0.117. The van der Waals surface area contributed by atoms with E-state index in [9.17, 15) is 4.79 Å². The Morgan fingerprint density at radius 1 is 1.30 bits per heavy atom. The molecule has 0 bridgehead atoms. The second kappa shape index (κ2) is 8.55. The second-order valence-electron chi connectivity index (χ2n) is 4.90. The van der Waals surface area contributed by atoms with Gasteiger partial charge in [0.2, 0.25) is 5.91 Å². The van der Waals surface area contributed by atoms with Gasteiger partial charge in [0.05, 0.1) is 32.3 Å². The summed E-state index contributed by atoms with van der Waals surface area (Å²) in [6.07, 6.45) is 0.518. The Morgan fingerprint density at radius 2 is 2.05 bits per heavy atom. The van der Waals surface area contributed by atoms with Crippen LogP contribution in [0.4, 0.5) is 11.4 Å². The molecule has 0 aliphatic rings. The van der Waals surface area contributed by atoms with Gasteiger partial charge in [-0.2, -0.15) is 0 Å². The molecule has 0 spiro atoms. The van der Waals surface area contributed by atoms with Crippen LogP contribution in [0.25, 0.3) is 0 Å². The zero-order valence-electron chi connectivity index (χ0n) is 12.4. The van der Waals surface area contributed by atoms with Crippen LogP contribution < -0.4 is 11.1 Å². The van der Waals surface area contributed by atoms with Gasteiger partial charge in [-0.3, -0.25) is 4.79 Å². The molecule has 112 valence electrons. The summed E-state index contributed by atoms with van der Waals surface area (Å²) in [6.45, 7) is 7.31. The number of anilines is 2. The number of rotatable bonds is 8. The zero-order chi connectivity index (χ0) is 15.0. The van der Waals surface area contributed by atoms with Crippen molar-refractivity contribution in [2.24, 2.45) is 0 Å². The van der Waals surface area contributed by atoms with Gasteiger partial charge in [0.15, 0.2) is 0 Å². The summed E-state index contributed by atoms with van der Waals surface area (Å²) in [7, 11) is 0. The molecule has 0 heterocycles. The fourth-order valence-electron chi connectivity index (χ4n) is 1.60. The molecule has 0 aliphatic carbocycles. The molecule has 0 aliphatic heterocycles. The van der Waals surface area contributed by atoms with E-state index in [1.165, 1.54) is 0 Å². The quantitative estimate of drug-likeness (QED) is 0.566. The van der Waals surface area contributed by atoms with Crippen molar-refractivity contribution in [3.8, 4) is 0 Å². The number of aryl methyl sites for hydroxylation is 1. The molecule has 1 aromatic carbocycles. The van der Waals surface area contributed by atoms with Crippen molar-refractivity contribution in [3.63, 3.8) is 0 Å². The number of benzene rings is 1. The molecule has 0 fully saturated rings. The lowest BCUT2D eigenvalue weighted by Gasteiger charge is -2.10. The summed E-state index contributed by atoms with van der Waals surface area (Å²) in [5.74, 6) is -0.0801. The van der Waals surface area contributed by atoms with E-state index in [1.807, 2.05) is 32.9 Å². The Morgan fingerprint density at radius 3 is 2.75 bits per heavy atom. The first-order valence-electron chi connectivity index (χ1n) is 6.84. The summed E-state index contributed by atoms with van der Waals surface area (Å²) in [4.78, 5) is 11.8. The van der Waals surface area contributed by atoms with E-state index in [4.69, 9.17) is 15.2 Å². The topological polar surface area (TPSA) is 73.6 Å². The highest BCUT2D eigenvalue weighted by Crippen LogP contribution is 2.18. The van der Waals surface area contributed by atoms with Gasteiger partial charge in [0.1, 0.15) is 0 Å². The van der Waals surface area contributed by atoms with Crippen LogP contribution in [0.5, 0.6) is 0 Å². The molecule has 3 N–H and O–H groups in total. The van der Waals surface area contributed by atoms with Crippen LogP contribution in [-0.4, -0.2) is 31.8 Å². The minimum absolute atomic E-state index is 0.0801. The lowest BCUT2D eigenvalue weighted by atomic mass is 10.2. The van der Waals surface area contributed by atoms with Gasteiger partial charge >= 0.3 is 0 Å². The van der Waals surface area contributed by atoms with Crippen LogP contribution in [0.1, 0.15) is 25.8 Å². The fourth-order valence-corrected chi connectivity index (χ4v) is 1.60. The average Bonchev–Trinajstić information content (AvgIpc) is 2.37. The molecule has 5 nitrogen and oxygen atoms in total. The molecule has 0 saturated heterocycles. The predicted octanol–water partition coefficient (Wildman–Crippen LogP) is 2.35. The van der Waals surface area contributed by atoms with Gasteiger partial charge in [-0.15, -0.1) is 0 Å². The van der Waals surface area contributed by atoms with Crippen LogP contribution >= 0.6 is 0 Å². The van der Waals surface area contributed by atoms with E-state index in [1.54, 1.807) is 6.07 Å². The van der Waals surface area contributed by atoms with E-state index in [2.05, 4.69) is 5.32 Å². The van der Waals surface area contributed by atoms with Crippen LogP contribution in [0.3, 0.4) is 0 Å². The van der Waals surface area contributed by atoms with Crippen molar-refractivity contribution in [1.29, 1.82) is 0 Å². The Hall–Kier alpha value is -1.59. The smallest absolute Gasteiger partial charge is 0.226 e. The van der Waals surface area contributed by atoms with Gasteiger partial charge in [-0.25, -0.2) is 0 Å². The third-order valence-electron chi connectivity index (χ3n) is 2.69. The molecule has 20 heavy (non-hydrogen) atoms. The Labute approximate surface area is 120 Å². The van der Waals surface area contributed by atoms with Gasteiger partial charge in [-0.05, 0) is 38.5 Å². The molecule has 1 aromatic rings. The van der Waals surface area contributed by atoms with Gasteiger partial charge in [0.25, 0.3) is 0 Å². The molecular formula is C15H24N2O3. The summed E-state index contributed by atoms with van der Waals surface area (Å²) >= 11 is 0. The van der Waals surface area contributed by atoms with Crippen LogP contribution in [0.15, 0.2) is 18.2 Å². The Balaban J connectivity index is 2.22. The summed E-state index contributed by atoms with van der Waals surface area (Å²) < 4.78 is 10.7. The van der Waals surface area contributed by atoms with E-state index in [-0.39, 0.29) is 12.0 Å². The predicted molar refractivity (Wildman–Crippen MR) is 80.7 cm³/mol. The molecular weight excluding hydrogens is 256 g/mol. The fraction of sp³-hybridized carbons (Fsp3) is 0.533. The van der Waals surface area contributed by atoms with Crippen LogP contribution in [0, 0.1) is 6.92 Å². The number of carbonyl (C=O) groups is 1. The number of amides is 1. The minimum atomic E-state index is -0.0801. The first-order valence-corrected chi connectivity index (χ1v) is 6.84. The standard InChI is InChI=1S/C15H24N2O3/c1-11(2)20-9-8-19-7-6-15(18)17-14-10-13(16)5-4-12(14)3/h4-5,10-11H,6-9,16H2,1-3H3,(H,17,18). The summed E-state index contributed by atoms with van der Waals surface area (Å²) in [5, 5.41) is 2.83. The van der Waals surface area contributed by atoms with E-state index < -0.39 is 0 Å². The number of nitrogen functional groups attached to an aromatic ring is 1. The maximum absolute atomic E-state index is 11.8. The van der Waals surface area contributed by atoms with Crippen molar-refractivity contribution in [2.75, 3.05) is 30.9 Å². The highest BCUT2D eigenvalue weighted by atomic mass is 16.5. The highest BCUT2D eigenvalue weighted by Gasteiger charge is 2.05. The molecule has 1 amide bonds. The molecule has 0 aromatic heterocycles. The normalized spacial score (nSPS) is 10.8. The molecule has 0 atom stereocenters. The lowest BCUT2D eigenvalue weighted by Crippen LogP contribution is -2.16. The largest absolute Gasteiger partial charge is 0.399 e. The number of carbonyl (C=O) groups excluding carboxylic acids is 1. The number of hydrogen-bond acceptors (Lipinski definition) is 4. The Kier molecular flexibility index (Phi) is 7.04. The second-order valence-corrected chi connectivity index (χ2v) is 4.90. The number of ether oxygens (including phenoxy) is 2. The minimum Gasteiger partial charge on any atom is -0.399 e. The van der Waals surface area contributed by atoms with Crippen molar-refractivity contribution in [3.05, 3.63) is 23.8 Å². The van der Waals surface area contributed by atoms with Crippen molar-refractivity contribution in [2.45, 2.75) is 33.3 Å². The number of nitrogens with two attached hydrogens (primary N) is 1. The summed E-state index contributed by atoms with van der Waals surface area (Å²) in [5.41, 5.74) is 8.06. The van der Waals surface area contributed by atoms with Crippen molar-refractivity contribution in [1.82, 2.24) is 0 Å². The Bertz CT molecular complexity index is 433. The maximum atomic E-state index is 11.8. The first-order chi connectivity index (χ1) is 9.49. The molecule has 0 radical (unpaired) electrons. The van der Waals surface area contributed by atoms with Crippen molar-refractivity contribution >= 4 is 17.3 Å². The van der Waals surface area contributed by atoms with Gasteiger partial charge in [0, 0.05) is 11.4 Å². The number of nitrogens with one attached hydrogen (secondary N) is 1. The van der Waals surface area contributed by atoms with E-state index >= 15 is 0 Å². The summed E-state index contributed by atoms with van der Waals surface area (Å²) in [6, 6.07) is 5.44. The number of hydrogen-bond donors (Lipinski definition) is 2. The third kappa shape index (κ3) is 6.54. The van der Waals surface area contributed by atoms with Gasteiger partial charge < -0.3 is 20.5 Å².